The zero-order valence-corrected chi connectivity index (χ0v) is 14.0. The second-order valence-corrected chi connectivity index (χ2v) is 5.90. The van der Waals surface area contributed by atoms with Gasteiger partial charge in [0, 0.05) is 12.1 Å². The van der Waals surface area contributed by atoms with Gasteiger partial charge in [0.2, 0.25) is 0 Å². The molecule has 2 aliphatic heterocycles. The minimum absolute atomic E-state index is 0. The predicted octanol–water partition coefficient (Wildman–Crippen LogP) is 1.70. The fourth-order valence-corrected chi connectivity index (χ4v) is 2.89. The van der Waals surface area contributed by atoms with Crippen molar-refractivity contribution < 1.29 is 14.3 Å². The number of benzene rings is 1. The molecule has 2 amide bonds. The number of ether oxygens (including phenoxy) is 1. The van der Waals surface area contributed by atoms with Crippen LogP contribution >= 0.6 is 12.4 Å². The Morgan fingerprint density at radius 3 is 2.87 bits per heavy atom. The quantitative estimate of drug-likeness (QED) is 0.766. The molecular formula is C16H22ClN3O3. The van der Waals surface area contributed by atoms with Crippen LogP contribution in [0.5, 0.6) is 5.75 Å². The molecule has 7 heteroatoms. The number of hydrogen-bond donors (Lipinski definition) is 3. The minimum atomic E-state index is -0.600. The Kier molecular flexibility index (Phi) is 5.49. The highest BCUT2D eigenvalue weighted by Crippen LogP contribution is 2.33. The van der Waals surface area contributed by atoms with Gasteiger partial charge < -0.3 is 20.7 Å². The molecule has 0 saturated carbocycles. The van der Waals surface area contributed by atoms with Gasteiger partial charge in [0.25, 0.3) is 11.8 Å². The summed E-state index contributed by atoms with van der Waals surface area (Å²) >= 11 is 0. The van der Waals surface area contributed by atoms with Crippen molar-refractivity contribution in [2.45, 2.75) is 44.9 Å². The maximum Gasteiger partial charge on any atom is 0.265 e. The summed E-state index contributed by atoms with van der Waals surface area (Å²) in [7, 11) is 0. The minimum Gasteiger partial charge on any atom is -0.478 e. The van der Waals surface area contributed by atoms with Gasteiger partial charge in [-0.3, -0.25) is 9.59 Å². The SMILES string of the molecule is CC1Oc2c(cccc2C(=O)NC2CCCNC2C)NC1=O.Cl. The van der Waals surface area contributed by atoms with Crippen LogP contribution in [0.25, 0.3) is 0 Å². The number of para-hydroxylation sites is 1. The molecule has 3 N–H and O–H groups in total. The molecule has 3 unspecified atom stereocenters. The smallest absolute Gasteiger partial charge is 0.265 e. The van der Waals surface area contributed by atoms with Crippen molar-refractivity contribution >= 4 is 29.9 Å². The lowest BCUT2D eigenvalue weighted by molar-refractivity contribution is -0.122. The maximum absolute atomic E-state index is 12.6. The fraction of sp³-hybridized carbons (Fsp3) is 0.500. The Balaban J connectivity index is 0.00000192. The van der Waals surface area contributed by atoms with E-state index in [1.54, 1.807) is 25.1 Å². The second-order valence-electron chi connectivity index (χ2n) is 5.90. The Bertz CT molecular complexity index is 608. The summed E-state index contributed by atoms with van der Waals surface area (Å²) in [4.78, 5) is 24.2. The fourth-order valence-electron chi connectivity index (χ4n) is 2.89. The van der Waals surface area contributed by atoms with E-state index in [1.165, 1.54) is 0 Å². The molecule has 3 atom stereocenters. The summed E-state index contributed by atoms with van der Waals surface area (Å²) in [6, 6.07) is 5.56. The topological polar surface area (TPSA) is 79.5 Å². The Morgan fingerprint density at radius 2 is 2.13 bits per heavy atom. The molecule has 0 radical (unpaired) electrons. The molecule has 1 saturated heterocycles. The van der Waals surface area contributed by atoms with Crippen LogP contribution in [0.2, 0.25) is 0 Å². The maximum atomic E-state index is 12.6. The van der Waals surface area contributed by atoms with E-state index in [1.807, 2.05) is 0 Å². The zero-order chi connectivity index (χ0) is 15.7. The summed E-state index contributed by atoms with van der Waals surface area (Å²) in [5, 5.41) is 9.19. The molecule has 126 valence electrons. The molecule has 0 aromatic heterocycles. The number of nitrogens with one attached hydrogen (secondary N) is 3. The molecule has 2 heterocycles. The summed E-state index contributed by atoms with van der Waals surface area (Å²) < 4.78 is 5.62. The van der Waals surface area contributed by atoms with Crippen molar-refractivity contribution in [3.63, 3.8) is 0 Å². The normalized spacial score (nSPS) is 26.2. The Morgan fingerprint density at radius 1 is 1.35 bits per heavy atom. The second kappa shape index (κ2) is 7.19. The summed E-state index contributed by atoms with van der Waals surface area (Å²) in [5.74, 6) is 0.0828. The predicted molar refractivity (Wildman–Crippen MR) is 90.4 cm³/mol. The number of carbonyl (C=O) groups excluding carboxylic acids is 2. The largest absolute Gasteiger partial charge is 0.478 e. The van der Waals surface area contributed by atoms with E-state index < -0.39 is 6.10 Å². The summed E-state index contributed by atoms with van der Waals surface area (Å²) in [5.41, 5.74) is 1.01. The molecule has 0 spiro atoms. The van der Waals surface area contributed by atoms with Gasteiger partial charge in [0.1, 0.15) is 0 Å². The van der Waals surface area contributed by atoms with Gasteiger partial charge >= 0.3 is 0 Å². The van der Waals surface area contributed by atoms with Crippen molar-refractivity contribution in [2.75, 3.05) is 11.9 Å². The van der Waals surface area contributed by atoms with Crippen LogP contribution in [-0.4, -0.2) is 36.5 Å². The first-order valence-corrected chi connectivity index (χ1v) is 7.71. The van der Waals surface area contributed by atoms with Gasteiger partial charge in [0.15, 0.2) is 11.9 Å². The number of fused-ring (bicyclic) bond motifs is 1. The van der Waals surface area contributed by atoms with Gasteiger partial charge in [-0.05, 0) is 45.4 Å². The molecule has 0 aliphatic carbocycles. The van der Waals surface area contributed by atoms with E-state index in [4.69, 9.17) is 4.74 Å². The van der Waals surface area contributed by atoms with E-state index in [2.05, 4.69) is 22.9 Å². The molecule has 3 rings (SSSR count). The van der Waals surface area contributed by atoms with Gasteiger partial charge in [-0.25, -0.2) is 0 Å². The summed E-state index contributed by atoms with van der Waals surface area (Å²) in [6.07, 6.45) is 1.41. The van der Waals surface area contributed by atoms with Gasteiger partial charge in [-0.2, -0.15) is 0 Å². The number of halogens is 1. The molecule has 6 nitrogen and oxygen atoms in total. The van der Waals surface area contributed by atoms with Crippen LogP contribution < -0.4 is 20.7 Å². The van der Waals surface area contributed by atoms with Crippen molar-refractivity contribution in [3.8, 4) is 5.75 Å². The highest BCUT2D eigenvalue weighted by Gasteiger charge is 2.29. The molecule has 2 aliphatic rings. The number of piperidine rings is 1. The Labute approximate surface area is 141 Å². The van der Waals surface area contributed by atoms with Crippen molar-refractivity contribution in [1.29, 1.82) is 0 Å². The third-order valence-corrected chi connectivity index (χ3v) is 4.26. The number of carbonyl (C=O) groups is 2. The number of rotatable bonds is 2. The Hall–Kier alpha value is -1.79. The van der Waals surface area contributed by atoms with Crippen LogP contribution in [0.1, 0.15) is 37.0 Å². The standard InChI is InChI=1S/C16H21N3O3.ClH/c1-9-12(7-4-8-17-9)18-16(21)11-5-3-6-13-14(11)22-10(2)15(20)19-13;/h3,5-6,9-10,12,17H,4,7-8H2,1-2H3,(H,18,21)(H,19,20);1H. The van der Waals surface area contributed by atoms with Crippen LogP contribution in [0.4, 0.5) is 5.69 Å². The zero-order valence-electron chi connectivity index (χ0n) is 13.2. The van der Waals surface area contributed by atoms with E-state index in [0.29, 0.717) is 17.0 Å². The van der Waals surface area contributed by atoms with Crippen molar-refractivity contribution in [1.82, 2.24) is 10.6 Å². The van der Waals surface area contributed by atoms with Crippen molar-refractivity contribution in [2.24, 2.45) is 0 Å². The van der Waals surface area contributed by atoms with Gasteiger partial charge in [-0.15, -0.1) is 12.4 Å². The molecule has 23 heavy (non-hydrogen) atoms. The van der Waals surface area contributed by atoms with E-state index >= 15 is 0 Å². The van der Waals surface area contributed by atoms with E-state index in [-0.39, 0.29) is 36.3 Å². The average Bonchev–Trinajstić information content (AvgIpc) is 2.50. The molecule has 1 aromatic rings. The van der Waals surface area contributed by atoms with E-state index in [0.717, 1.165) is 19.4 Å². The molecule has 0 bridgehead atoms. The average molecular weight is 340 g/mol. The number of anilines is 1. The number of amides is 2. The third-order valence-electron chi connectivity index (χ3n) is 4.26. The highest BCUT2D eigenvalue weighted by atomic mass is 35.5. The molecule has 1 aromatic carbocycles. The van der Waals surface area contributed by atoms with E-state index in [9.17, 15) is 9.59 Å². The van der Waals surface area contributed by atoms with Crippen LogP contribution in [-0.2, 0) is 4.79 Å². The first-order chi connectivity index (χ1) is 10.6. The first-order valence-electron chi connectivity index (χ1n) is 7.71. The highest BCUT2D eigenvalue weighted by molar-refractivity contribution is 6.04. The monoisotopic (exact) mass is 339 g/mol. The lowest BCUT2D eigenvalue weighted by Crippen LogP contribution is -2.52. The van der Waals surface area contributed by atoms with Crippen LogP contribution in [0.3, 0.4) is 0 Å². The first kappa shape index (κ1) is 17.6. The lowest BCUT2D eigenvalue weighted by Gasteiger charge is -2.31. The van der Waals surface area contributed by atoms with Crippen LogP contribution in [0, 0.1) is 0 Å². The summed E-state index contributed by atoms with van der Waals surface area (Å²) in [6.45, 7) is 4.73. The molecular weight excluding hydrogens is 318 g/mol. The van der Waals surface area contributed by atoms with Gasteiger partial charge in [-0.1, -0.05) is 6.07 Å². The third kappa shape index (κ3) is 3.59. The van der Waals surface area contributed by atoms with Crippen molar-refractivity contribution in [3.05, 3.63) is 23.8 Å². The lowest BCUT2D eigenvalue weighted by atomic mass is 9.99. The van der Waals surface area contributed by atoms with Crippen LogP contribution in [0.15, 0.2) is 18.2 Å². The number of hydrogen-bond acceptors (Lipinski definition) is 4. The van der Waals surface area contributed by atoms with Gasteiger partial charge in [0.05, 0.1) is 11.3 Å². The molecule has 1 fully saturated rings.